The zero-order valence-electron chi connectivity index (χ0n) is 14.0. The predicted molar refractivity (Wildman–Crippen MR) is 87.4 cm³/mol. The lowest BCUT2D eigenvalue weighted by molar-refractivity contribution is -0.150. The first kappa shape index (κ1) is 17.3. The van der Waals surface area contributed by atoms with Gasteiger partial charge in [-0.3, -0.25) is 4.79 Å². The third-order valence-corrected chi connectivity index (χ3v) is 4.62. The molecule has 1 aromatic heterocycles. The van der Waals surface area contributed by atoms with Gasteiger partial charge in [0, 0.05) is 12.1 Å². The van der Waals surface area contributed by atoms with Crippen molar-refractivity contribution in [3.05, 3.63) is 30.2 Å². The van der Waals surface area contributed by atoms with Gasteiger partial charge in [0.1, 0.15) is 5.76 Å². The Morgan fingerprint density at radius 1 is 1.39 bits per heavy atom. The molecule has 1 N–H and O–H groups in total. The SMILES string of the molecule is C[C@@H]1[C@H](C)CCC[C@@H]1NC(=O)[C@@H](C)OC(=O)/C=C/c1ccco1. The minimum absolute atomic E-state index is 0.158. The fourth-order valence-corrected chi connectivity index (χ4v) is 2.89. The molecule has 0 radical (unpaired) electrons. The van der Waals surface area contributed by atoms with Gasteiger partial charge >= 0.3 is 5.97 Å². The topological polar surface area (TPSA) is 68.5 Å². The third-order valence-electron chi connectivity index (χ3n) is 4.62. The second-order valence-electron chi connectivity index (χ2n) is 6.31. The number of rotatable bonds is 5. The van der Waals surface area contributed by atoms with Gasteiger partial charge in [0.15, 0.2) is 6.10 Å². The van der Waals surface area contributed by atoms with E-state index in [2.05, 4.69) is 19.2 Å². The van der Waals surface area contributed by atoms with Crippen LogP contribution in [0.3, 0.4) is 0 Å². The van der Waals surface area contributed by atoms with E-state index in [1.807, 2.05) is 0 Å². The maximum Gasteiger partial charge on any atom is 0.331 e. The van der Waals surface area contributed by atoms with Crippen LogP contribution in [0.15, 0.2) is 28.9 Å². The van der Waals surface area contributed by atoms with Gasteiger partial charge in [-0.1, -0.05) is 26.7 Å². The number of amides is 1. The van der Waals surface area contributed by atoms with Crippen LogP contribution < -0.4 is 5.32 Å². The number of hydrogen-bond acceptors (Lipinski definition) is 4. The molecule has 0 saturated heterocycles. The van der Waals surface area contributed by atoms with Crippen molar-refractivity contribution in [2.75, 3.05) is 0 Å². The number of carbonyl (C=O) groups excluding carboxylic acids is 2. The van der Waals surface area contributed by atoms with Crippen molar-refractivity contribution in [2.45, 2.75) is 52.2 Å². The highest BCUT2D eigenvalue weighted by Gasteiger charge is 2.29. The molecule has 4 atom stereocenters. The first-order valence-electron chi connectivity index (χ1n) is 8.20. The average molecular weight is 319 g/mol. The molecular weight excluding hydrogens is 294 g/mol. The third kappa shape index (κ3) is 4.98. The van der Waals surface area contributed by atoms with Gasteiger partial charge in [0.05, 0.1) is 6.26 Å². The first-order chi connectivity index (χ1) is 11.0. The van der Waals surface area contributed by atoms with Crippen molar-refractivity contribution in [3.8, 4) is 0 Å². The van der Waals surface area contributed by atoms with Crippen LogP contribution in [-0.2, 0) is 14.3 Å². The van der Waals surface area contributed by atoms with E-state index in [4.69, 9.17) is 9.15 Å². The van der Waals surface area contributed by atoms with E-state index >= 15 is 0 Å². The Labute approximate surface area is 137 Å². The van der Waals surface area contributed by atoms with Crippen LogP contribution >= 0.6 is 0 Å². The quantitative estimate of drug-likeness (QED) is 0.668. The average Bonchev–Trinajstić information content (AvgIpc) is 3.03. The second kappa shape index (κ2) is 7.99. The summed E-state index contributed by atoms with van der Waals surface area (Å²) in [6.07, 6.45) is 6.79. The number of nitrogens with one attached hydrogen (secondary N) is 1. The Morgan fingerprint density at radius 3 is 2.87 bits per heavy atom. The maximum absolute atomic E-state index is 12.2. The van der Waals surface area contributed by atoms with Crippen molar-refractivity contribution in [1.82, 2.24) is 5.32 Å². The summed E-state index contributed by atoms with van der Waals surface area (Å²) in [4.78, 5) is 23.9. The Balaban J connectivity index is 1.81. The van der Waals surface area contributed by atoms with Crippen LogP contribution in [0.5, 0.6) is 0 Å². The number of ether oxygens (including phenoxy) is 1. The number of carbonyl (C=O) groups is 2. The minimum atomic E-state index is -0.812. The molecule has 1 aromatic rings. The molecule has 126 valence electrons. The van der Waals surface area contributed by atoms with E-state index < -0.39 is 12.1 Å². The Hall–Kier alpha value is -2.04. The van der Waals surface area contributed by atoms with Gasteiger partial charge in [-0.15, -0.1) is 0 Å². The van der Waals surface area contributed by atoms with Gasteiger partial charge in [-0.25, -0.2) is 4.79 Å². The molecule has 0 bridgehead atoms. The zero-order chi connectivity index (χ0) is 16.8. The molecule has 0 unspecified atom stereocenters. The molecule has 1 heterocycles. The molecular formula is C18H25NO4. The molecule has 0 aliphatic heterocycles. The van der Waals surface area contributed by atoms with Crippen LogP contribution in [0.25, 0.3) is 6.08 Å². The van der Waals surface area contributed by atoms with E-state index in [1.165, 1.54) is 24.8 Å². The highest BCUT2D eigenvalue weighted by atomic mass is 16.5. The molecule has 1 aliphatic rings. The fourth-order valence-electron chi connectivity index (χ4n) is 2.89. The van der Waals surface area contributed by atoms with Crippen molar-refractivity contribution in [2.24, 2.45) is 11.8 Å². The normalized spacial score (nSPS) is 26.0. The molecule has 23 heavy (non-hydrogen) atoms. The van der Waals surface area contributed by atoms with Crippen LogP contribution in [0.4, 0.5) is 0 Å². The summed E-state index contributed by atoms with van der Waals surface area (Å²) in [5.41, 5.74) is 0. The maximum atomic E-state index is 12.2. The summed E-state index contributed by atoms with van der Waals surface area (Å²) < 4.78 is 10.2. The number of hydrogen-bond donors (Lipinski definition) is 1. The Kier molecular flexibility index (Phi) is 6.02. The van der Waals surface area contributed by atoms with Crippen LogP contribution in [0, 0.1) is 11.8 Å². The van der Waals surface area contributed by atoms with Crippen molar-refractivity contribution >= 4 is 18.0 Å². The molecule has 1 amide bonds. The van der Waals surface area contributed by atoms with Crippen LogP contribution in [-0.4, -0.2) is 24.0 Å². The molecule has 0 aromatic carbocycles. The second-order valence-corrected chi connectivity index (χ2v) is 6.31. The highest BCUT2D eigenvalue weighted by Crippen LogP contribution is 2.29. The number of furan rings is 1. The molecule has 2 rings (SSSR count). The smallest absolute Gasteiger partial charge is 0.331 e. The molecule has 5 heteroatoms. The van der Waals surface area contributed by atoms with Crippen molar-refractivity contribution < 1.29 is 18.7 Å². The van der Waals surface area contributed by atoms with E-state index in [0.29, 0.717) is 17.6 Å². The molecule has 5 nitrogen and oxygen atoms in total. The van der Waals surface area contributed by atoms with Gasteiger partial charge < -0.3 is 14.5 Å². The van der Waals surface area contributed by atoms with Crippen molar-refractivity contribution in [1.29, 1.82) is 0 Å². The lowest BCUT2D eigenvalue weighted by atomic mass is 9.78. The van der Waals surface area contributed by atoms with Gasteiger partial charge in [-0.2, -0.15) is 0 Å². The van der Waals surface area contributed by atoms with E-state index in [0.717, 1.165) is 12.8 Å². The first-order valence-corrected chi connectivity index (χ1v) is 8.20. The van der Waals surface area contributed by atoms with Crippen LogP contribution in [0.2, 0.25) is 0 Å². The lowest BCUT2D eigenvalue weighted by Crippen LogP contribution is -2.47. The van der Waals surface area contributed by atoms with E-state index in [9.17, 15) is 9.59 Å². The standard InChI is InChI=1S/C18H25NO4/c1-12-6-4-8-16(13(12)2)19-18(21)14(3)23-17(20)10-9-15-7-5-11-22-15/h5,7,9-14,16H,4,6,8H2,1-3H3,(H,19,21)/b10-9+/t12-,13-,14-,16+/m1/s1. The minimum Gasteiger partial charge on any atom is -0.465 e. The predicted octanol–water partition coefficient (Wildman–Crippen LogP) is 3.17. The molecule has 1 saturated carbocycles. The molecule has 1 aliphatic carbocycles. The van der Waals surface area contributed by atoms with Gasteiger partial charge in [0.2, 0.25) is 0 Å². The summed E-state index contributed by atoms with van der Waals surface area (Å²) in [6.45, 7) is 5.97. The highest BCUT2D eigenvalue weighted by molar-refractivity contribution is 5.90. The summed E-state index contributed by atoms with van der Waals surface area (Å²) in [6, 6.07) is 3.62. The lowest BCUT2D eigenvalue weighted by Gasteiger charge is -2.35. The van der Waals surface area contributed by atoms with E-state index in [-0.39, 0.29) is 11.9 Å². The van der Waals surface area contributed by atoms with Crippen LogP contribution in [0.1, 0.15) is 45.8 Å². The summed E-state index contributed by atoms with van der Waals surface area (Å²) >= 11 is 0. The summed E-state index contributed by atoms with van der Waals surface area (Å²) in [5.74, 6) is 0.798. The fraction of sp³-hybridized carbons (Fsp3) is 0.556. The van der Waals surface area contributed by atoms with Crippen molar-refractivity contribution in [3.63, 3.8) is 0 Å². The molecule has 0 spiro atoms. The summed E-state index contributed by atoms with van der Waals surface area (Å²) in [7, 11) is 0. The molecule has 1 fully saturated rings. The monoisotopic (exact) mass is 319 g/mol. The Bertz CT molecular complexity index is 549. The van der Waals surface area contributed by atoms with Gasteiger partial charge in [-0.05, 0) is 43.4 Å². The Morgan fingerprint density at radius 2 is 2.17 bits per heavy atom. The zero-order valence-corrected chi connectivity index (χ0v) is 14.0. The van der Waals surface area contributed by atoms with E-state index in [1.54, 1.807) is 19.1 Å². The summed E-state index contributed by atoms with van der Waals surface area (Å²) in [5, 5.41) is 3.02. The number of esters is 1. The van der Waals surface area contributed by atoms with Gasteiger partial charge in [0.25, 0.3) is 5.91 Å². The largest absolute Gasteiger partial charge is 0.465 e.